The van der Waals surface area contributed by atoms with Gasteiger partial charge in [0.2, 0.25) is 0 Å². The Kier molecular flexibility index (Phi) is 5.71. The lowest BCUT2D eigenvalue weighted by molar-refractivity contribution is 0.0197. The number of aryl methyl sites for hydroxylation is 1. The predicted octanol–water partition coefficient (Wildman–Crippen LogP) is 2.09. The van der Waals surface area contributed by atoms with Crippen molar-refractivity contribution in [1.29, 1.82) is 0 Å². The number of hydrogen-bond donors (Lipinski definition) is 1. The fourth-order valence-electron chi connectivity index (χ4n) is 2.01. The first-order valence-electron chi connectivity index (χ1n) is 7.01. The van der Waals surface area contributed by atoms with Gasteiger partial charge in [-0.1, -0.05) is 29.8 Å². The van der Waals surface area contributed by atoms with Crippen LogP contribution in [0.1, 0.15) is 16.8 Å². The van der Waals surface area contributed by atoms with Gasteiger partial charge in [-0.2, -0.15) is 0 Å². The van der Waals surface area contributed by atoms with Gasteiger partial charge < -0.3 is 9.84 Å². The summed E-state index contributed by atoms with van der Waals surface area (Å²) in [5, 5.41) is 10.6. The van der Waals surface area contributed by atoms with Crippen LogP contribution >= 0.6 is 11.6 Å². The molecular weight excluding hydrogens is 304 g/mol. The molecule has 1 heterocycles. The number of aliphatic hydroxyl groups excluding tert-OH is 1. The minimum atomic E-state index is -0.788. The molecule has 0 aliphatic heterocycles. The molecule has 1 aromatic heterocycles. The van der Waals surface area contributed by atoms with E-state index in [1.165, 1.54) is 10.9 Å². The first kappa shape index (κ1) is 16.7. The molecule has 1 aromatic carbocycles. The number of aromatic nitrogens is 2. The maximum atomic E-state index is 12.0. The van der Waals surface area contributed by atoms with Gasteiger partial charge in [-0.3, -0.25) is 9.36 Å². The molecule has 0 bridgehead atoms. The predicted molar refractivity (Wildman–Crippen MR) is 85.1 cm³/mol. The van der Waals surface area contributed by atoms with Gasteiger partial charge in [0.15, 0.2) is 0 Å². The van der Waals surface area contributed by atoms with Crippen LogP contribution in [0.4, 0.5) is 0 Å². The molecule has 118 valence electrons. The van der Waals surface area contributed by atoms with Gasteiger partial charge in [-0.25, -0.2) is 4.98 Å². The van der Waals surface area contributed by atoms with Crippen molar-refractivity contribution in [2.24, 2.45) is 0 Å². The lowest BCUT2D eigenvalue weighted by Gasteiger charge is -2.14. The monoisotopic (exact) mass is 322 g/mol. The van der Waals surface area contributed by atoms with Gasteiger partial charge in [-0.15, -0.1) is 0 Å². The summed E-state index contributed by atoms with van der Waals surface area (Å²) in [6.07, 6.45) is 0.659. The van der Waals surface area contributed by atoms with Crippen LogP contribution in [0.25, 0.3) is 0 Å². The molecule has 0 radical (unpaired) electrons. The summed E-state index contributed by atoms with van der Waals surface area (Å²) in [6, 6.07) is 7.38. The third-order valence-corrected chi connectivity index (χ3v) is 3.82. The summed E-state index contributed by atoms with van der Waals surface area (Å²) < 4.78 is 6.85. The van der Waals surface area contributed by atoms with Crippen molar-refractivity contribution in [1.82, 2.24) is 9.55 Å². The van der Waals surface area contributed by atoms with Crippen molar-refractivity contribution in [2.45, 2.75) is 33.1 Å². The van der Waals surface area contributed by atoms with Gasteiger partial charge in [0.25, 0.3) is 5.56 Å². The molecular formula is C16H19ClN2O3. The van der Waals surface area contributed by atoms with Crippen molar-refractivity contribution >= 4 is 11.6 Å². The normalized spacial score (nSPS) is 12.4. The summed E-state index contributed by atoms with van der Waals surface area (Å²) in [5.41, 5.74) is 2.01. The average Bonchev–Trinajstić information content (AvgIpc) is 2.50. The highest BCUT2D eigenvalue weighted by molar-refractivity contribution is 6.31. The molecule has 0 saturated carbocycles. The van der Waals surface area contributed by atoms with Crippen molar-refractivity contribution in [3.8, 4) is 0 Å². The zero-order valence-corrected chi connectivity index (χ0v) is 13.4. The fourth-order valence-corrected chi connectivity index (χ4v) is 2.20. The Labute approximate surface area is 134 Å². The Morgan fingerprint density at radius 3 is 2.82 bits per heavy atom. The maximum Gasteiger partial charge on any atom is 0.256 e. The Hall–Kier alpha value is -1.69. The SMILES string of the molecule is Cc1ncn(CC(O)COCc2ccccc2Cl)c(=O)c1C. The van der Waals surface area contributed by atoms with Gasteiger partial charge >= 0.3 is 0 Å². The van der Waals surface area contributed by atoms with Gasteiger partial charge in [0.1, 0.15) is 0 Å². The molecule has 1 atom stereocenters. The number of nitrogens with zero attached hydrogens (tertiary/aromatic N) is 2. The Morgan fingerprint density at radius 2 is 2.09 bits per heavy atom. The highest BCUT2D eigenvalue weighted by atomic mass is 35.5. The topological polar surface area (TPSA) is 64.3 Å². The largest absolute Gasteiger partial charge is 0.389 e. The molecule has 0 saturated heterocycles. The van der Waals surface area contributed by atoms with E-state index in [2.05, 4.69) is 4.98 Å². The van der Waals surface area contributed by atoms with Crippen molar-refractivity contribution < 1.29 is 9.84 Å². The standard InChI is InChI=1S/C16H19ClN2O3/c1-11-12(2)18-10-19(16(11)21)7-14(20)9-22-8-13-5-3-4-6-15(13)17/h3-6,10,14,20H,7-9H2,1-2H3. The quantitative estimate of drug-likeness (QED) is 0.884. The summed E-state index contributed by atoms with van der Waals surface area (Å²) in [5.74, 6) is 0. The second-order valence-electron chi connectivity index (χ2n) is 5.17. The number of ether oxygens (including phenoxy) is 1. The van der Waals surface area contributed by atoms with Gasteiger partial charge in [0, 0.05) is 16.3 Å². The van der Waals surface area contributed by atoms with E-state index >= 15 is 0 Å². The third kappa shape index (κ3) is 4.16. The lowest BCUT2D eigenvalue weighted by Crippen LogP contribution is -2.31. The highest BCUT2D eigenvalue weighted by Crippen LogP contribution is 2.15. The number of halogens is 1. The zero-order chi connectivity index (χ0) is 16.1. The second kappa shape index (κ2) is 7.54. The smallest absolute Gasteiger partial charge is 0.256 e. The Balaban J connectivity index is 1.89. The molecule has 1 unspecified atom stereocenters. The summed E-state index contributed by atoms with van der Waals surface area (Å²) in [7, 11) is 0. The molecule has 2 rings (SSSR count). The molecule has 0 fully saturated rings. The van der Waals surface area contributed by atoms with E-state index in [-0.39, 0.29) is 18.7 Å². The summed E-state index contributed by atoms with van der Waals surface area (Å²) in [4.78, 5) is 16.1. The van der Waals surface area contributed by atoms with Crippen LogP contribution in [0, 0.1) is 13.8 Å². The molecule has 0 amide bonds. The molecule has 2 aromatic rings. The molecule has 0 aliphatic carbocycles. The van der Waals surface area contributed by atoms with Crippen LogP contribution in [0.15, 0.2) is 35.4 Å². The van der Waals surface area contributed by atoms with E-state index < -0.39 is 6.10 Å². The summed E-state index contributed by atoms with van der Waals surface area (Å²) >= 11 is 6.03. The van der Waals surface area contributed by atoms with Gasteiger partial charge in [0.05, 0.1) is 32.2 Å². The number of aliphatic hydroxyl groups is 1. The van der Waals surface area contributed by atoms with Crippen LogP contribution in [0.2, 0.25) is 5.02 Å². The lowest BCUT2D eigenvalue weighted by atomic mass is 10.2. The molecule has 5 nitrogen and oxygen atoms in total. The highest BCUT2D eigenvalue weighted by Gasteiger charge is 2.10. The van der Waals surface area contributed by atoms with Crippen LogP contribution < -0.4 is 5.56 Å². The van der Waals surface area contributed by atoms with Gasteiger partial charge in [-0.05, 0) is 25.5 Å². The number of rotatable bonds is 6. The molecule has 0 aliphatic rings. The Bertz CT molecular complexity index is 700. The Morgan fingerprint density at radius 1 is 1.36 bits per heavy atom. The first-order chi connectivity index (χ1) is 10.5. The van der Waals surface area contributed by atoms with Crippen LogP contribution in [-0.2, 0) is 17.9 Å². The van der Waals surface area contributed by atoms with Crippen LogP contribution in [0.3, 0.4) is 0 Å². The first-order valence-corrected chi connectivity index (χ1v) is 7.38. The van der Waals surface area contributed by atoms with E-state index in [4.69, 9.17) is 16.3 Å². The molecule has 1 N–H and O–H groups in total. The van der Waals surface area contributed by atoms with E-state index in [1.54, 1.807) is 19.9 Å². The second-order valence-corrected chi connectivity index (χ2v) is 5.58. The molecule has 6 heteroatoms. The van der Waals surface area contributed by atoms with E-state index in [9.17, 15) is 9.90 Å². The third-order valence-electron chi connectivity index (χ3n) is 3.45. The minimum absolute atomic E-state index is 0.116. The van der Waals surface area contributed by atoms with Crippen LogP contribution in [0.5, 0.6) is 0 Å². The maximum absolute atomic E-state index is 12.0. The summed E-state index contributed by atoms with van der Waals surface area (Å²) in [6.45, 7) is 4.09. The van der Waals surface area contributed by atoms with Crippen molar-refractivity contribution in [3.63, 3.8) is 0 Å². The van der Waals surface area contributed by atoms with Crippen LogP contribution in [-0.4, -0.2) is 27.4 Å². The number of benzene rings is 1. The average molecular weight is 323 g/mol. The van der Waals surface area contributed by atoms with E-state index in [0.717, 1.165) is 5.56 Å². The zero-order valence-electron chi connectivity index (χ0n) is 12.6. The van der Waals surface area contributed by atoms with E-state index in [0.29, 0.717) is 22.9 Å². The minimum Gasteiger partial charge on any atom is -0.389 e. The van der Waals surface area contributed by atoms with E-state index in [1.807, 2.05) is 18.2 Å². The molecule has 0 spiro atoms. The van der Waals surface area contributed by atoms with Crippen molar-refractivity contribution in [2.75, 3.05) is 6.61 Å². The fraction of sp³-hybridized carbons (Fsp3) is 0.375. The number of hydrogen-bond acceptors (Lipinski definition) is 4. The molecule has 22 heavy (non-hydrogen) atoms. The van der Waals surface area contributed by atoms with Crippen molar-refractivity contribution in [3.05, 3.63) is 62.8 Å².